The van der Waals surface area contributed by atoms with Crippen LogP contribution in [0, 0.1) is 11.7 Å². The van der Waals surface area contributed by atoms with Crippen LogP contribution in [0.5, 0.6) is 0 Å². The number of carbonyl (C=O) groups is 1. The highest BCUT2D eigenvalue weighted by Gasteiger charge is 2.27. The number of hydrogen-bond acceptors (Lipinski definition) is 5. The lowest BCUT2D eigenvalue weighted by molar-refractivity contribution is -0.120. The molecule has 3 rings (SSSR count). The lowest BCUT2D eigenvalue weighted by Crippen LogP contribution is -2.41. The van der Waals surface area contributed by atoms with Gasteiger partial charge in [0.25, 0.3) is 0 Å². The van der Waals surface area contributed by atoms with Gasteiger partial charge in [-0.2, -0.15) is 0 Å². The van der Waals surface area contributed by atoms with Gasteiger partial charge in [-0.25, -0.2) is 17.5 Å². The molecule has 0 aromatic heterocycles. The molecule has 1 amide bonds. The predicted octanol–water partition coefficient (Wildman–Crippen LogP) is 1.85. The predicted molar refractivity (Wildman–Crippen MR) is 111 cm³/mol. The third-order valence-electron chi connectivity index (χ3n) is 4.72. The molecule has 162 valence electrons. The number of benzene rings is 2. The zero-order valence-electron chi connectivity index (χ0n) is 16.1. The Labute approximate surface area is 180 Å². The number of amides is 1. The van der Waals surface area contributed by atoms with E-state index in [9.17, 15) is 17.6 Å². The molecule has 2 aromatic carbocycles. The first-order valence-corrected chi connectivity index (χ1v) is 11.3. The molecule has 0 aliphatic carbocycles. The van der Waals surface area contributed by atoms with Gasteiger partial charge >= 0.3 is 0 Å². The number of hydrogen-bond donors (Lipinski definition) is 3. The van der Waals surface area contributed by atoms with Crippen molar-refractivity contribution in [3.63, 3.8) is 0 Å². The Balaban J connectivity index is 1.59. The summed E-state index contributed by atoms with van der Waals surface area (Å²) in [6.45, 7) is 1.46. The van der Waals surface area contributed by atoms with Crippen LogP contribution in [0.25, 0.3) is 0 Å². The van der Waals surface area contributed by atoms with Crippen LogP contribution in [0.2, 0.25) is 5.02 Å². The number of nitrogens with one attached hydrogen (secondary N) is 3. The van der Waals surface area contributed by atoms with E-state index in [4.69, 9.17) is 16.3 Å². The molecular weight excluding hydrogens is 433 g/mol. The zero-order valence-corrected chi connectivity index (χ0v) is 17.7. The molecule has 2 aromatic rings. The minimum Gasteiger partial charge on any atom is -0.372 e. The van der Waals surface area contributed by atoms with Gasteiger partial charge < -0.3 is 15.4 Å². The minimum atomic E-state index is -3.77. The Morgan fingerprint density at radius 2 is 2.00 bits per heavy atom. The van der Waals surface area contributed by atoms with Crippen molar-refractivity contribution >= 4 is 27.5 Å². The summed E-state index contributed by atoms with van der Waals surface area (Å²) >= 11 is 5.77. The Bertz CT molecular complexity index is 975. The van der Waals surface area contributed by atoms with Crippen LogP contribution in [-0.4, -0.2) is 47.1 Å². The molecule has 1 saturated heterocycles. The van der Waals surface area contributed by atoms with Gasteiger partial charge in [0.15, 0.2) is 0 Å². The van der Waals surface area contributed by atoms with Crippen molar-refractivity contribution in [3.8, 4) is 0 Å². The smallest absolute Gasteiger partial charge is 0.241 e. The van der Waals surface area contributed by atoms with Crippen molar-refractivity contribution in [1.29, 1.82) is 0 Å². The Hall–Kier alpha value is -2.04. The van der Waals surface area contributed by atoms with Crippen LogP contribution < -0.4 is 15.4 Å². The molecule has 2 atom stereocenters. The van der Waals surface area contributed by atoms with Crippen LogP contribution >= 0.6 is 11.6 Å². The van der Waals surface area contributed by atoms with Gasteiger partial charge in [-0.05, 0) is 29.8 Å². The number of sulfonamides is 1. The number of carbonyl (C=O) groups excluding carboxylic acids is 1. The van der Waals surface area contributed by atoms with E-state index in [1.807, 2.05) is 0 Å². The fourth-order valence-electron chi connectivity index (χ4n) is 3.18. The summed E-state index contributed by atoms with van der Waals surface area (Å²) in [5, 5.41) is 5.97. The molecule has 0 bridgehead atoms. The molecule has 3 N–H and O–H groups in total. The first kappa shape index (κ1) is 22.6. The first-order chi connectivity index (χ1) is 14.4. The lowest BCUT2D eigenvalue weighted by Gasteiger charge is -2.25. The van der Waals surface area contributed by atoms with E-state index in [1.165, 1.54) is 24.3 Å². The topological polar surface area (TPSA) is 96.5 Å². The second-order valence-corrected chi connectivity index (χ2v) is 9.04. The van der Waals surface area contributed by atoms with Crippen LogP contribution in [0.4, 0.5) is 4.39 Å². The van der Waals surface area contributed by atoms with Gasteiger partial charge in [0, 0.05) is 25.6 Å². The highest BCUT2D eigenvalue weighted by Crippen LogP contribution is 2.29. The molecule has 7 nitrogen and oxygen atoms in total. The lowest BCUT2D eigenvalue weighted by atomic mass is 9.95. The molecule has 1 aliphatic heterocycles. The van der Waals surface area contributed by atoms with Gasteiger partial charge in [0.2, 0.25) is 15.9 Å². The number of rotatable bonds is 7. The molecule has 10 heteroatoms. The second kappa shape index (κ2) is 10.3. The molecule has 1 fully saturated rings. The Kier molecular flexibility index (Phi) is 7.79. The van der Waals surface area contributed by atoms with Crippen LogP contribution in [0.15, 0.2) is 53.4 Å². The van der Waals surface area contributed by atoms with E-state index in [-0.39, 0.29) is 22.4 Å². The summed E-state index contributed by atoms with van der Waals surface area (Å²) in [7, 11) is -3.77. The summed E-state index contributed by atoms with van der Waals surface area (Å²) in [6, 6.07) is 12.3. The molecule has 1 heterocycles. The first-order valence-electron chi connectivity index (χ1n) is 9.45. The number of ether oxygens (including phenoxy) is 1. The standard InChI is InChI=1S/C20H23ClFN3O4S/c21-17-7-6-14(10-18(17)22)20-15(11-23-8-9-29-20)12-24-19(26)13-25-30(27,28)16-4-2-1-3-5-16/h1-7,10,15,20,23,25H,8-9,11-13H2,(H,24,26)/t15?,20-/m0/s1. The van der Waals surface area contributed by atoms with Gasteiger partial charge in [-0.3, -0.25) is 4.79 Å². The third-order valence-corrected chi connectivity index (χ3v) is 6.44. The zero-order chi connectivity index (χ0) is 21.6. The van der Waals surface area contributed by atoms with Gasteiger partial charge in [0.1, 0.15) is 5.82 Å². The average Bonchev–Trinajstić information content (AvgIpc) is 2.99. The van der Waals surface area contributed by atoms with Gasteiger partial charge in [-0.15, -0.1) is 0 Å². The summed E-state index contributed by atoms with van der Waals surface area (Å²) in [4.78, 5) is 12.3. The van der Waals surface area contributed by atoms with Gasteiger partial charge in [-0.1, -0.05) is 35.9 Å². The maximum Gasteiger partial charge on any atom is 0.241 e. The summed E-state index contributed by atoms with van der Waals surface area (Å²) in [5.41, 5.74) is 0.629. The monoisotopic (exact) mass is 455 g/mol. The molecule has 0 radical (unpaired) electrons. The van der Waals surface area contributed by atoms with Crippen molar-refractivity contribution < 1.29 is 22.3 Å². The normalized spacial score (nSPS) is 19.8. The van der Waals surface area contributed by atoms with Crippen molar-refractivity contribution in [2.75, 3.05) is 32.8 Å². The SMILES string of the molecule is O=C(CNS(=O)(=O)c1ccccc1)NCC1CNCCO[C@H]1c1ccc(Cl)c(F)c1. The van der Waals surface area contributed by atoms with E-state index in [1.54, 1.807) is 24.3 Å². The fourth-order valence-corrected chi connectivity index (χ4v) is 4.30. The Morgan fingerprint density at radius 3 is 2.73 bits per heavy atom. The van der Waals surface area contributed by atoms with Crippen LogP contribution in [-0.2, 0) is 19.6 Å². The van der Waals surface area contributed by atoms with E-state index in [2.05, 4.69) is 15.4 Å². The van der Waals surface area contributed by atoms with Crippen LogP contribution in [0.1, 0.15) is 11.7 Å². The van der Waals surface area contributed by atoms with Gasteiger partial charge in [0.05, 0.1) is 29.2 Å². The maximum atomic E-state index is 13.9. The highest BCUT2D eigenvalue weighted by molar-refractivity contribution is 7.89. The maximum absolute atomic E-state index is 13.9. The highest BCUT2D eigenvalue weighted by atomic mass is 35.5. The van der Waals surface area contributed by atoms with E-state index >= 15 is 0 Å². The molecule has 30 heavy (non-hydrogen) atoms. The van der Waals surface area contributed by atoms with Crippen molar-refractivity contribution in [1.82, 2.24) is 15.4 Å². The van der Waals surface area contributed by atoms with Crippen molar-refractivity contribution in [3.05, 3.63) is 64.9 Å². The average molecular weight is 456 g/mol. The molecule has 0 spiro atoms. The van der Waals surface area contributed by atoms with Crippen molar-refractivity contribution in [2.45, 2.75) is 11.0 Å². The summed E-state index contributed by atoms with van der Waals surface area (Å²) in [5.74, 6) is -1.18. The van der Waals surface area contributed by atoms with E-state index in [0.717, 1.165) is 0 Å². The molecular formula is C20H23ClFN3O4S. The third kappa shape index (κ3) is 5.99. The summed E-state index contributed by atoms with van der Waals surface area (Å²) < 4.78 is 46.5. The van der Waals surface area contributed by atoms with E-state index in [0.29, 0.717) is 25.3 Å². The Morgan fingerprint density at radius 1 is 1.23 bits per heavy atom. The van der Waals surface area contributed by atoms with Crippen LogP contribution in [0.3, 0.4) is 0 Å². The largest absolute Gasteiger partial charge is 0.372 e. The molecule has 1 unspecified atom stereocenters. The second-order valence-electron chi connectivity index (χ2n) is 6.87. The summed E-state index contributed by atoms with van der Waals surface area (Å²) in [6.07, 6.45) is -0.437. The minimum absolute atomic E-state index is 0.0287. The number of halogens is 2. The molecule has 1 aliphatic rings. The van der Waals surface area contributed by atoms with Crippen molar-refractivity contribution in [2.24, 2.45) is 5.92 Å². The molecule has 0 saturated carbocycles. The fraction of sp³-hybridized carbons (Fsp3) is 0.350. The quantitative estimate of drug-likeness (QED) is 0.592. The van der Waals surface area contributed by atoms with E-state index < -0.39 is 34.4 Å².